The minimum absolute atomic E-state index is 0.00326. The van der Waals surface area contributed by atoms with E-state index in [1.54, 1.807) is 0 Å². The second-order valence-corrected chi connectivity index (χ2v) is 13.0. The van der Waals surface area contributed by atoms with E-state index in [9.17, 15) is 40.5 Å². The lowest BCUT2D eigenvalue weighted by atomic mass is 9.76. The zero-order valence-electron chi connectivity index (χ0n) is 25.8. The number of nitrogens with two attached hydrogens (primary N) is 5. The van der Waals surface area contributed by atoms with Crippen molar-refractivity contribution in [3.8, 4) is 0 Å². The van der Waals surface area contributed by atoms with Gasteiger partial charge in [0.15, 0.2) is 24.3 Å². The minimum atomic E-state index is -1.84. The largest absolute Gasteiger partial charge is 0.394 e. The van der Waals surface area contributed by atoms with Gasteiger partial charge in [0.05, 0.1) is 55.8 Å². The van der Waals surface area contributed by atoms with Crippen LogP contribution in [0.4, 0.5) is 0 Å². The summed E-state index contributed by atoms with van der Waals surface area (Å²) in [6, 6.07) is -3.93. The fourth-order valence-corrected chi connectivity index (χ4v) is 6.41. The second-order valence-electron chi connectivity index (χ2n) is 13.0. The van der Waals surface area contributed by atoms with E-state index < -0.39 is 122 Å². The molecule has 17 atom stereocenters. The van der Waals surface area contributed by atoms with Crippen molar-refractivity contribution in [3.63, 3.8) is 0 Å². The zero-order chi connectivity index (χ0) is 34.8. The van der Waals surface area contributed by atoms with E-state index in [0.717, 1.165) is 0 Å². The Morgan fingerprint density at radius 1 is 0.936 bits per heavy atom. The highest BCUT2D eigenvalue weighted by Gasteiger charge is 2.60. The standard InChI is InChI=1S/C27H51N7O13/c28-11-1-9(2-17(39)27(43)4-16(27)34-26(31)32)22(46-25-20(41)18(30)19(40)15(8-36)45-25)21(42)23(11)47-24-12(29)3-13(38)14(44-24)6-33-5-10(37)7-35/h9-16,18-25,33,35-38,40-43H,1-8,28-30H2,(H4,31,32,34)/t9-,10?,11-,12+,13-,14+,15+,16?,18-,19+,20+,21+,22-,23+,24+,25+,27?/m0/s1. The van der Waals surface area contributed by atoms with Crippen molar-refractivity contribution in [3.05, 3.63) is 0 Å². The van der Waals surface area contributed by atoms with Gasteiger partial charge in [-0.05, 0) is 18.8 Å². The van der Waals surface area contributed by atoms with Gasteiger partial charge in [0, 0.05) is 32.0 Å². The molecule has 3 unspecified atom stereocenters. The first-order valence-corrected chi connectivity index (χ1v) is 15.7. The molecule has 2 saturated carbocycles. The summed E-state index contributed by atoms with van der Waals surface area (Å²) in [5, 5.41) is 85.2. The molecule has 0 aromatic carbocycles. The molecule has 0 spiro atoms. The van der Waals surface area contributed by atoms with Gasteiger partial charge in [0.25, 0.3) is 0 Å². The van der Waals surface area contributed by atoms with Crippen molar-refractivity contribution in [2.45, 2.75) is 123 Å². The third kappa shape index (κ3) is 8.73. The van der Waals surface area contributed by atoms with Crippen LogP contribution in [-0.2, 0) is 23.7 Å². The number of ketones is 1. The Balaban J connectivity index is 1.52. The van der Waals surface area contributed by atoms with Gasteiger partial charge in [-0.15, -0.1) is 0 Å². The zero-order valence-corrected chi connectivity index (χ0v) is 25.8. The number of guanidine groups is 1. The highest BCUT2D eigenvalue weighted by molar-refractivity contribution is 5.92. The van der Waals surface area contributed by atoms with E-state index in [4.69, 9.17) is 52.7 Å². The number of aliphatic hydroxyl groups excluding tert-OH is 7. The average Bonchev–Trinajstić information content (AvgIpc) is 3.67. The monoisotopic (exact) mass is 681 g/mol. The van der Waals surface area contributed by atoms with E-state index in [-0.39, 0.29) is 44.7 Å². The van der Waals surface area contributed by atoms with E-state index in [1.165, 1.54) is 0 Å². The molecular formula is C27H51N7O13. The Labute approximate surface area is 270 Å². The number of carbonyl (C=O) groups excluding carboxylic acids is 1. The van der Waals surface area contributed by atoms with E-state index in [2.05, 4.69) is 10.3 Å². The summed E-state index contributed by atoms with van der Waals surface area (Å²) in [5.41, 5.74) is 27.6. The molecule has 4 rings (SSSR count). The Morgan fingerprint density at radius 2 is 1.60 bits per heavy atom. The van der Waals surface area contributed by atoms with Crippen LogP contribution in [0.25, 0.3) is 0 Å². The van der Waals surface area contributed by atoms with Crippen LogP contribution in [0.1, 0.15) is 25.7 Å². The summed E-state index contributed by atoms with van der Waals surface area (Å²) in [4.78, 5) is 17.1. The number of carbonyl (C=O) groups is 1. The predicted molar refractivity (Wildman–Crippen MR) is 160 cm³/mol. The first-order valence-electron chi connectivity index (χ1n) is 15.7. The second kappa shape index (κ2) is 15.9. The Hall–Kier alpha value is -1.70. The van der Waals surface area contributed by atoms with E-state index in [1.807, 2.05) is 0 Å². The molecule has 0 aromatic rings. The highest BCUT2D eigenvalue weighted by atomic mass is 16.7. The van der Waals surface area contributed by atoms with Gasteiger partial charge in [0.1, 0.15) is 36.1 Å². The van der Waals surface area contributed by atoms with Crippen LogP contribution in [0.3, 0.4) is 0 Å². The van der Waals surface area contributed by atoms with Crippen molar-refractivity contribution >= 4 is 11.7 Å². The third-order valence-electron chi connectivity index (χ3n) is 9.32. The lowest BCUT2D eigenvalue weighted by Gasteiger charge is -2.48. The van der Waals surface area contributed by atoms with Crippen LogP contribution in [0.5, 0.6) is 0 Å². The van der Waals surface area contributed by atoms with Gasteiger partial charge in [-0.25, -0.2) is 4.99 Å². The normalized spacial score (nSPS) is 46.1. The van der Waals surface area contributed by atoms with E-state index >= 15 is 0 Å². The van der Waals surface area contributed by atoms with Gasteiger partial charge in [-0.2, -0.15) is 0 Å². The van der Waals surface area contributed by atoms with Crippen LogP contribution in [0.2, 0.25) is 0 Å². The Kier molecular flexibility index (Phi) is 12.9. The van der Waals surface area contributed by atoms with Crippen molar-refractivity contribution in [1.82, 2.24) is 5.32 Å². The molecule has 4 fully saturated rings. The van der Waals surface area contributed by atoms with Crippen molar-refractivity contribution in [2.24, 2.45) is 39.6 Å². The van der Waals surface area contributed by atoms with Crippen LogP contribution in [0.15, 0.2) is 4.99 Å². The van der Waals surface area contributed by atoms with Crippen LogP contribution < -0.4 is 34.0 Å². The minimum Gasteiger partial charge on any atom is -0.394 e. The lowest BCUT2D eigenvalue weighted by Crippen LogP contribution is -2.66. The number of ether oxygens (including phenoxy) is 4. The number of Topliss-reactive ketones (excluding diaryl/α,β-unsaturated/α-hetero) is 1. The SMILES string of the molecule is NC(N)=NC1CC1(O)C(=O)C[C@@H]1C[C@H](N)[C@@H](O[C@H]2O[C@H](CNCC(O)CO)[C@@H](O)C[C@H]2N)[C@H](O)[C@H]1O[C@H]1O[C@H](CO)[C@@H](O)[C@H](N)[C@H]1O. The molecule has 0 amide bonds. The van der Waals surface area contributed by atoms with Gasteiger partial charge < -0.3 is 93.8 Å². The van der Waals surface area contributed by atoms with Gasteiger partial charge in [-0.3, -0.25) is 4.79 Å². The Morgan fingerprint density at radius 3 is 2.23 bits per heavy atom. The van der Waals surface area contributed by atoms with Crippen molar-refractivity contribution in [1.29, 1.82) is 0 Å². The molecule has 20 nitrogen and oxygen atoms in total. The summed E-state index contributed by atoms with van der Waals surface area (Å²) in [6.45, 7) is -1.03. The number of aliphatic hydroxyl groups is 8. The molecule has 47 heavy (non-hydrogen) atoms. The summed E-state index contributed by atoms with van der Waals surface area (Å²) in [5.74, 6) is -1.81. The average molecular weight is 682 g/mol. The first kappa shape index (κ1) is 38.1. The fourth-order valence-electron chi connectivity index (χ4n) is 6.41. The predicted octanol–water partition coefficient (Wildman–Crippen LogP) is -8.29. The van der Waals surface area contributed by atoms with Crippen LogP contribution in [0, 0.1) is 5.92 Å². The highest BCUT2D eigenvalue weighted by Crippen LogP contribution is 2.43. The number of hydrogen-bond donors (Lipinski definition) is 14. The van der Waals surface area contributed by atoms with Crippen molar-refractivity contribution in [2.75, 3.05) is 26.3 Å². The molecule has 2 saturated heterocycles. The summed E-state index contributed by atoms with van der Waals surface area (Å²) in [6.07, 6.45) is -14.4. The van der Waals surface area contributed by atoms with Crippen LogP contribution in [-0.4, -0.2) is 176 Å². The third-order valence-corrected chi connectivity index (χ3v) is 9.32. The summed E-state index contributed by atoms with van der Waals surface area (Å²) in [7, 11) is 0. The van der Waals surface area contributed by atoms with Gasteiger partial charge in [-0.1, -0.05) is 0 Å². The van der Waals surface area contributed by atoms with E-state index in [0.29, 0.717) is 0 Å². The number of nitrogens with one attached hydrogen (secondary N) is 1. The molecule has 272 valence electrons. The summed E-state index contributed by atoms with van der Waals surface area (Å²) >= 11 is 0. The van der Waals surface area contributed by atoms with Gasteiger partial charge >= 0.3 is 0 Å². The van der Waals surface area contributed by atoms with Crippen molar-refractivity contribution < 1.29 is 64.6 Å². The smallest absolute Gasteiger partial charge is 0.186 e. The molecule has 4 aliphatic rings. The quantitative estimate of drug-likeness (QED) is 0.0597. The molecule has 2 aliphatic heterocycles. The molecule has 0 bridgehead atoms. The van der Waals surface area contributed by atoms with Gasteiger partial charge in [0.2, 0.25) is 0 Å². The number of hydrogen-bond acceptors (Lipinski definition) is 18. The lowest BCUT2D eigenvalue weighted by molar-refractivity contribution is -0.320. The maximum Gasteiger partial charge on any atom is 0.186 e. The molecule has 19 N–H and O–H groups in total. The number of aliphatic imine (C=N–C) groups is 1. The number of rotatable bonds is 14. The Bertz CT molecular complexity index is 1080. The maximum atomic E-state index is 13.3. The molecule has 2 heterocycles. The molecular weight excluding hydrogens is 630 g/mol. The summed E-state index contributed by atoms with van der Waals surface area (Å²) < 4.78 is 23.6. The molecule has 0 aromatic heterocycles. The topological polar surface area (TPSA) is 370 Å². The molecule has 0 radical (unpaired) electrons. The fraction of sp³-hybridized carbons (Fsp3) is 0.926. The van der Waals surface area contributed by atoms with Crippen LogP contribution >= 0.6 is 0 Å². The number of nitrogens with zero attached hydrogens (tertiary/aromatic N) is 1. The molecule has 20 heteroatoms. The maximum absolute atomic E-state index is 13.3. The molecule has 2 aliphatic carbocycles. The first-order chi connectivity index (χ1) is 22.1.